The minimum atomic E-state index is 0.0910. The van der Waals surface area contributed by atoms with Gasteiger partial charge in [-0.2, -0.15) is 0 Å². The van der Waals surface area contributed by atoms with Crippen molar-refractivity contribution in [1.82, 2.24) is 24.3 Å². The lowest BCUT2D eigenvalue weighted by atomic mass is 9.89. The number of likely N-dealkylation sites (tertiary alicyclic amines) is 2. The van der Waals surface area contributed by atoms with Gasteiger partial charge in [-0.15, -0.1) is 0 Å². The molecule has 0 unspecified atom stereocenters. The van der Waals surface area contributed by atoms with Crippen molar-refractivity contribution in [3.8, 4) is 5.75 Å². The summed E-state index contributed by atoms with van der Waals surface area (Å²) in [5.41, 5.74) is 1.19. The van der Waals surface area contributed by atoms with Gasteiger partial charge in [-0.25, -0.2) is 9.78 Å². The first kappa shape index (κ1) is 19.8. The van der Waals surface area contributed by atoms with Crippen molar-refractivity contribution in [2.75, 3.05) is 40.8 Å². The summed E-state index contributed by atoms with van der Waals surface area (Å²) in [6.45, 7) is 6.74. The number of urea groups is 1. The van der Waals surface area contributed by atoms with Crippen LogP contribution in [0.4, 0.5) is 4.79 Å². The molecular weight excluding hydrogens is 366 g/mol. The number of ether oxygens (including phenoxy) is 1. The van der Waals surface area contributed by atoms with Crippen LogP contribution in [0.3, 0.4) is 0 Å². The Bertz CT molecular complexity index is 847. The number of methoxy groups -OCH3 is 1. The number of hydrogen-bond donors (Lipinski definition) is 0. The van der Waals surface area contributed by atoms with Crippen molar-refractivity contribution in [2.24, 2.45) is 11.8 Å². The second kappa shape index (κ2) is 8.06. The molecule has 29 heavy (non-hydrogen) atoms. The Kier molecular flexibility index (Phi) is 5.50. The SMILES string of the molecule is CCn1ccnc1CN1C[C@@H]2CN(C(=O)N(C)C)[C@@H](c3ccc(OC)cc3)[C@@H]2C1. The van der Waals surface area contributed by atoms with Crippen LogP contribution < -0.4 is 4.74 Å². The smallest absolute Gasteiger partial charge is 0.320 e. The van der Waals surface area contributed by atoms with Crippen LogP contribution in [-0.2, 0) is 13.1 Å². The third-order valence-corrected chi connectivity index (χ3v) is 6.33. The van der Waals surface area contributed by atoms with Gasteiger partial charge in [0.05, 0.1) is 19.7 Å². The van der Waals surface area contributed by atoms with Crippen LogP contribution in [0.5, 0.6) is 5.75 Å². The Hall–Kier alpha value is -2.54. The fourth-order valence-electron chi connectivity index (χ4n) is 4.93. The summed E-state index contributed by atoms with van der Waals surface area (Å²) < 4.78 is 7.53. The predicted molar refractivity (Wildman–Crippen MR) is 112 cm³/mol. The van der Waals surface area contributed by atoms with E-state index in [2.05, 4.69) is 38.4 Å². The zero-order valence-electron chi connectivity index (χ0n) is 17.8. The second-order valence-corrected chi connectivity index (χ2v) is 8.29. The van der Waals surface area contributed by atoms with Gasteiger partial charge in [0, 0.05) is 58.6 Å². The number of carbonyl (C=O) groups is 1. The Morgan fingerprint density at radius 3 is 2.62 bits per heavy atom. The summed E-state index contributed by atoms with van der Waals surface area (Å²) in [5.74, 6) is 2.87. The number of aromatic nitrogens is 2. The molecule has 0 radical (unpaired) electrons. The molecule has 2 saturated heterocycles. The quantitative estimate of drug-likeness (QED) is 0.779. The van der Waals surface area contributed by atoms with E-state index < -0.39 is 0 Å². The van der Waals surface area contributed by atoms with Crippen molar-refractivity contribution < 1.29 is 9.53 Å². The van der Waals surface area contributed by atoms with Gasteiger partial charge in [0.2, 0.25) is 0 Å². The third-order valence-electron chi connectivity index (χ3n) is 6.33. The molecule has 3 heterocycles. The molecule has 0 aliphatic carbocycles. The average Bonchev–Trinajstić information content (AvgIpc) is 3.41. The predicted octanol–water partition coefficient (Wildman–Crippen LogP) is 2.70. The molecule has 3 atom stereocenters. The molecule has 0 bridgehead atoms. The van der Waals surface area contributed by atoms with E-state index in [0.717, 1.165) is 44.3 Å². The van der Waals surface area contributed by atoms with Crippen molar-refractivity contribution in [1.29, 1.82) is 0 Å². The standard InChI is InChI=1S/C22H31N5O2/c1-5-26-11-10-23-20(26)15-25-12-17-13-27(22(28)24(2)3)21(19(17)14-25)16-6-8-18(29-4)9-7-16/h6-11,17,19,21H,5,12-15H2,1-4H3/t17-,19-,21+/m1/s1. The summed E-state index contributed by atoms with van der Waals surface area (Å²) in [7, 11) is 5.34. The van der Waals surface area contributed by atoms with Gasteiger partial charge in [-0.1, -0.05) is 12.1 Å². The van der Waals surface area contributed by atoms with Gasteiger partial charge >= 0.3 is 6.03 Å². The van der Waals surface area contributed by atoms with Crippen LogP contribution in [0.15, 0.2) is 36.7 Å². The van der Waals surface area contributed by atoms with Gasteiger partial charge in [-0.05, 0) is 30.5 Å². The average molecular weight is 398 g/mol. The summed E-state index contributed by atoms with van der Waals surface area (Å²) in [4.78, 5) is 23.7. The molecule has 2 aliphatic rings. The molecule has 156 valence electrons. The van der Waals surface area contributed by atoms with Crippen LogP contribution >= 0.6 is 0 Å². The van der Waals surface area contributed by atoms with E-state index in [0.29, 0.717) is 11.8 Å². The van der Waals surface area contributed by atoms with Crippen LogP contribution in [0.2, 0.25) is 0 Å². The summed E-state index contributed by atoms with van der Waals surface area (Å²) >= 11 is 0. The second-order valence-electron chi connectivity index (χ2n) is 8.29. The maximum Gasteiger partial charge on any atom is 0.320 e. The van der Waals surface area contributed by atoms with E-state index >= 15 is 0 Å². The Morgan fingerprint density at radius 1 is 1.21 bits per heavy atom. The highest BCUT2D eigenvalue weighted by Crippen LogP contribution is 2.45. The number of benzene rings is 1. The van der Waals surface area contributed by atoms with Crippen LogP contribution in [0.1, 0.15) is 24.4 Å². The van der Waals surface area contributed by atoms with Crippen molar-refractivity contribution >= 4 is 6.03 Å². The van der Waals surface area contributed by atoms with Gasteiger partial charge in [0.1, 0.15) is 11.6 Å². The van der Waals surface area contributed by atoms with Gasteiger partial charge < -0.3 is 19.1 Å². The lowest BCUT2D eigenvalue weighted by Crippen LogP contribution is -2.41. The van der Waals surface area contributed by atoms with E-state index in [-0.39, 0.29) is 12.1 Å². The number of carbonyl (C=O) groups excluding carboxylic acids is 1. The fourth-order valence-corrected chi connectivity index (χ4v) is 4.93. The zero-order valence-corrected chi connectivity index (χ0v) is 17.8. The molecule has 0 N–H and O–H groups in total. The first-order valence-corrected chi connectivity index (χ1v) is 10.4. The van der Waals surface area contributed by atoms with E-state index in [1.165, 1.54) is 5.56 Å². The Morgan fingerprint density at radius 2 is 1.97 bits per heavy atom. The molecule has 0 saturated carbocycles. The molecule has 2 amide bonds. The van der Waals surface area contributed by atoms with E-state index in [1.807, 2.05) is 38.6 Å². The molecule has 2 fully saturated rings. The first-order valence-electron chi connectivity index (χ1n) is 10.4. The van der Waals surface area contributed by atoms with Gasteiger partial charge in [0.25, 0.3) is 0 Å². The molecule has 1 aromatic heterocycles. The molecule has 2 aliphatic heterocycles. The number of amides is 2. The van der Waals surface area contributed by atoms with Crippen molar-refractivity contribution in [3.05, 3.63) is 48.0 Å². The lowest BCUT2D eigenvalue weighted by Gasteiger charge is -2.32. The maximum absolute atomic E-state index is 12.9. The summed E-state index contributed by atoms with van der Waals surface area (Å²) in [6, 6.07) is 8.38. The number of nitrogens with zero attached hydrogens (tertiary/aromatic N) is 5. The molecule has 0 spiro atoms. The van der Waals surface area contributed by atoms with Crippen LogP contribution in [-0.4, -0.2) is 71.1 Å². The number of rotatable bonds is 5. The fraction of sp³-hybridized carbons (Fsp3) is 0.545. The van der Waals surface area contributed by atoms with E-state index in [9.17, 15) is 4.79 Å². The molecule has 7 nitrogen and oxygen atoms in total. The molecule has 4 rings (SSSR count). The highest BCUT2D eigenvalue weighted by atomic mass is 16.5. The first-order chi connectivity index (χ1) is 14.0. The maximum atomic E-state index is 12.9. The number of hydrogen-bond acceptors (Lipinski definition) is 4. The molecular formula is C22H31N5O2. The van der Waals surface area contributed by atoms with Crippen molar-refractivity contribution in [3.63, 3.8) is 0 Å². The molecule has 1 aromatic carbocycles. The summed E-state index contributed by atoms with van der Waals surface area (Å²) in [6.07, 6.45) is 3.93. The van der Waals surface area contributed by atoms with E-state index in [1.54, 1.807) is 12.0 Å². The topological polar surface area (TPSA) is 53.8 Å². The number of imidazole rings is 1. The minimum absolute atomic E-state index is 0.0910. The highest BCUT2D eigenvalue weighted by Gasteiger charge is 2.49. The lowest BCUT2D eigenvalue weighted by molar-refractivity contribution is 0.151. The largest absolute Gasteiger partial charge is 0.497 e. The highest BCUT2D eigenvalue weighted by molar-refractivity contribution is 5.75. The Balaban J connectivity index is 1.56. The molecule has 7 heteroatoms. The summed E-state index contributed by atoms with van der Waals surface area (Å²) in [5, 5.41) is 0. The number of aryl methyl sites for hydroxylation is 1. The van der Waals surface area contributed by atoms with Gasteiger partial charge in [0.15, 0.2) is 0 Å². The van der Waals surface area contributed by atoms with E-state index in [4.69, 9.17) is 4.74 Å². The Labute approximate surface area is 172 Å². The van der Waals surface area contributed by atoms with Crippen LogP contribution in [0, 0.1) is 11.8 Å². The molecule has 2 aromatic rings. The monoisotopic (exact) mass is 397 g/mol. The van der Waals surface area contributed by atoms with Crippen molar-refractivity contribution in [2.45, 2.75) is 26.1 Å². The number of fused-ring (bicyclic) bond motifs is 1. The zero-order chi connectivity index (χ0) is 20.5. The normalized spacial score (nSPS) is 24.0. The minimum Gasteiger partial charge on any atom is -0.497 e. The van der Waals surface area contributed by atoms with Gasteiger partial charge in [-0.3, -0.25) is 4.90 Å². The third kappa shape index (κ3) is 3.71. The van der Waals surface area contributed by atoms with Crippen LogP contribution in [0.25, 0.3) is 0 Å².